The van der Waals surface area contributed by atoms with E-state index in [0.717, 1.165) is 30.9 Å². The van der Waals surface area contributed by atoms with Gasteiger partial charge in [-0.05, 0) is 44.2 Å². The van der Waals surface area contributed by atoms with Gasteiger partial charge in [0, 0.05) is 16.2 Å². The second-order valence-electron chi connectivity index (χ2n) is 4.49. The molecule has 0 saturated carbocycles. The SMILES string of the molecule is CCCNC(c1ccc(CC)o1)c1ccc(C)s1. The molecule has 1 unspecified atom stereocenters. The smallest absolute Gasteiger partial charge is 0.126 e. The molecule has 2 aromatic rings. The third kappa shape index (κ3) is 3.03. The average Bonchev–Trinajstić information content (AvgIpc) is 2.99. The number of rotatable bonds is 6. The van der Waals surface area contributed by atoms with Gasteiger partial charge in [-0.1, -0.05) is 13.8 Å². The van der Waals surface area contributed by atoms with Crippen LogP contribution in [0.5, 0.6) is 0 Å². The summed E-state index contributed by atoms with van der Waals surface area (Å²) in [5, 5.41) is 3.57. The van der Waals surface area contributed by atoms with E-state index in [1.54, 1.807) is 0 Å². The molecule has 1 N–H and O–H groups in total. The Morgan fingerprint density at radius 1 is 1.22 bits per heavy atom. The summed E-state index contributed by atoms with van der Waals surface area (Å²) in [6, 6.07) is 8.74. The van der Waals surface area contributed by atoms with Gasteiger partial charge < -0.3 is 9.73 Å². The summed E-state index contributed by atoms with van der Waals surface area (Å²) in [5.41, 5.74) is 0. The van der Waals surface area contributed by atoms with Crippen molar-refractivity contribution in [3.8, 4) is 0 Å². The number of thiophene rings is 1. The fourth-order valence-corrected chi connectivity index (χ4v) is 2.94. The van der Waals surface area contributed by atoms with Crippen LogP contribution in [-0.2, 0) is 6.42 Å². The highest BCUT2D eigenvalue weighted by atomic mass is 32.1. The molecule has 0 fully saturated rings. The maximum absolute atomic E-state index is 5.90. The lowest BCUT2D eigenvalue weighted by molar-refractivity contribution is 0.424. The van der Waals surface area contributed by atoms with Crippen molar-refractivity contribution in [2.45, 2.75) is 39.7 Å². The van der Waals surface area contributed by atoms with Gasteiger partial charge in [-0.2, -0.15) is 0 Å². The monoisotopic (exact) mass is 263 g/mol. The first-order valence-corrected chi connectivity index (χ1v) is 7.44. The molecule has 1 atom stereocenters. The summed E-state index contributed by atoms with van der Waals surface area (Å²) < 4.78 is 5.90. The van der Waals surface area contributed by atoms with Crippen molar-refractivity contribution in [3.05, 3.63) is 45.5 Å². The summed E-state index contributed by atoms with van der Waals surface area (Å²) in [7, 11) is 0. The summed E-state index contributed by atoms with van der Waals surface area (Å²) >= 11 is 1.84. The predicted molar refractivity (Wildman–Crippen MR) is 77.3 cm³/mol. The Balaban J connectivity index is 2.24. The largest absolute Gasteiger partial charge is 0.464 e. The van der Waals surface area contributed by atoms with Gasteiger partial charge in [-0.15, -0.1) is 11.3 Å². The highest BCUT2D eigenvalue weighted by molar-refractivity contribution is 7.12. The quantitative estimate of drug-likeness (QED) is 0.840. The first-order chi connectivity index (χ1) is 8.74. The first kappa shape index (κ1) is 13.4. The van der Waals surface area contributed by atoms with E-state index in [2.05, 4.69) is 50.4 Å². The Bertz CT molecular complexity index is 486. The van der Waals surface area contributed by atoms with E-state index in [-0.39, 0.29) is 6.04 Å². The third-order valence-electron chi connectivity index (χ3n) is 2.96. The molecule has 2 aromatic heterocycles. The normalized spacial score (nSPS) is 12.8. The number of nitrogens with one attached hydrogen (secondary N) is 1. The second kappa shape index (κ2) is 6.21. The molecule has 0 aliphatic rings. The minimum atomic E-state index is 0.198. The molecule has 0 saturated heterocycles. The fourth-order valence-electron chi connectivity index (χ4n) is 1.98. The van der Waals surface area contributed by atoms with E-state index in [1.807, 2.05) is 11.3 Å². The van der Waals surface area contributed by atoms with Crippen molar-refractivity contribution in [3.63, 3.8) is 0 Å². The topological polar surface area (TPSA) is 25.2 Å². The molecule has 0 amide bonds. The van der Waals surface area contributed by atoms with Gasteiger partial charge in [0.05, 0.1) is 0 Å². The minimum absolute atomic E-state index is 0.198. The Kier molecular flexibility index (Phi) is 4.61. The highest BCUT2D eigenvalue weighted by Crippen LogP contribution is 2.29. The minimum Gasteiger partial charge on any atom is -0.464 e. The molecular weight excluding hydrogens is 242 g/mol. The van der Waals surface area contributed by atoms with Crippen LogP contribution in [0.3, 0.4) is 0 Å². The molecule has 2 heterocycles. The second-order valence-corrected chi connectivity index (χ2v) is 5.81. The van der Waals surface area contributed by atoms with Gasteiger partial charge in [0.25, 0.3) is 0 Å². The molecule has 98 valence electrons. The van der Waals surface area contributed by atoms with E-state index in [1.165, 1.54) is 9.75 Å². The van der Waals surface area contributed by atoms with Crippen molar-refractivity contribution in [2.24, 2.45) is 0 Å². The van der Waals surface area contributed by atoms with E-state index in [0.29, 0.717) is 0 Å². The molecule has 2 nitrogen and oxygen atoms in total. The lowest BCUT2D eigenvalue weighted by Crippen LogP contribution is -2.21. The van der Waals surface area contributed by atoms with Crippen LogP contribution in [0, 0.1) is 6.92 Å². The van der Waals surface area contributed by atoms with Crippen molar-refractivity contribution in [1.82, 2.24) is 5.32 Å². The molecule has 18 heavy (non-hydrogen) atoms. The summed E-state index contributed by atoms with van der Waals surface area (Å²) in [6.07, 6.45) is 2.08. The molecule has 0 aliphatic carbocycles. The van der Waals surface area contributed by atoms with Crippen molar-refractivity contribution in [2.75, 3.05) is 6.54 Å². The van der Waals surface area contributed by atoms with Crippen molar-refractivity contribution >= 4 is 11.3 Å². The summed E-state index contributed by atoms with van der Waals surface area (Å²) in [4.78, 5) is 2.67. The van der Waals surface area contributed by atoms with Gasteiger partial charge in [0.1, 0.15) is 17.6 Å². The van der Waals surface area contributed by atoms with Crippen LogP contribution in [0.4, 0.5) is 0 Å². The molecule has 0 bridgehead atoms. The zero-order valence-corrected chi connectivity index (χ0v) is 12.1. The van der Waals surface area contributed by atoms with Crippen LogP contribution >= 0.6 is 11.3 Å². The van der Waals surface area contributed by atoms with Crippen LogP contribution in [0.2, 0.25) is 0 Å². The Morgan fingerprint density at radius 2 is 2.06 bits per heavy atom. The zero-order chi connectivity index (χ0) is 13.0. The van der Waals surface area contributed by atoms with E-state index in [4.69, 9.17) is 4.42 Å². The summed E-state index contributed by atoms with van der Waals surface area (Å²) in [6.45, 7) is 7.45. The fraction of sp³-hybridized carbons (Fsp3) is 0.467. The highest BCUT2D eigenvalue weighted by Gasteiger charge is 2.18. The molecule has 3 heteroatoms. The molecule has 0 spiro atoms. The van der Waals surface area contributed by atoms with Gasteiger partial charge >= 0.3 is 0 Å². The summed E-state index contributed by atoms with van der Waals surface area (Å²) in [5.74, 6) is 2.09. The van der Waals surface area contributed by atoms with E-state index >= 15 is 0 Å². The maximum Gasteiger partial charge on any atom is 0.126 e. The average molecular weight is 263 g/mol. The van der Waals surface area contributed by atoms with Crippen molar-refractivity contribution < 1.29 is 4.42 Å². The molecule has 0 aromatic carbocycles. The zero-order valence-electron chi connectivity index (χ0n) is 11.3. The third-order valence-corrected chi connectivity index (χ3v) is 4.03. The Hall–Kier alpha value is -1.06. The first-order valence-electron chi connectivity index (χ1n) is 6.63. The van der Waals surface area contributed by atoms with Crippen LogP contribution in [0.25, 0.3) is 0 Å². The molecule has 0 aliphatic heterocycles. The maximum atomic E-state index is 5.90. The van der Waals surface area contributed by atoms with Gasteiger partial charge in [0.15, 0.2) is 0 Å². The molecule has 2 rings (SSSR count). The van der Waals surface area contributed by atoms with Gasteiger partial charge in [-0.25, -0.2) is 0 Å². The van der Waals surface area contributed by atoms with Crippen LogP contribution < -0.4 is 5.32 Å². The lowest BCUT2D eigenvalue weighted by Gasteiger charge is -2.14. The number of hydrogen-bond acceptors (Lipinski definition) is 3. The Morgan fingerprint density at radius 3 is 2.61 bits per heavy atom. The lowest BCUT2D eigenvalue weighted by atomic mass is 10.2. The van der Waals surface area contributed by atoms with E-state index < -0.39 is 0 Å². The van der Waals surface area contributed by atoms with Gasteiger partial charge in [-0.3, -0.25) is 0 Å². The number of aryl methyl sites for hydroxylation is 2. The van der Waals surface area contributed by atoms with Gasteiger partial charge in [0.2, 0.25) is 0 Å². The van der Waals surface area contributed by atoms with E-state index in [9.17, 15) is 0 Å². The molecule has 0 radical (unpaired) electrons. The van der Waals surface area contributed by atoms with Crippen LogP contribution in [0.15, 0.2) is 28.7 Å². The standard InChI is InChI=1S/C15H21NOS/c1-4-10-16-15(14-9-6-11(3)18-14)13-8-7-12(5-2)17-13/h6-9,15-16H,4-5,10H2,1-3H3. The van der Waals surface area contributed by atoms with Crippen LogP contribution in [0.1, 0.15) is 47.6 Å². The predicted octanol–water partition coefficient (Wildman–Crippen LogP) is 4.30. The van der Waals surface area contributed by atoms with Crippen molar-refractivity contribution in [1.29, 1.82) is 0 Å². The number of furan rings is 1. The molecular formula is C15H21NOS. The number of hydrogen-bond donors (Lipinski definition) is 1. The van der Waals surface area contributed by atoms with Crippen LogP contribution in [-0.4, -0.2) is 6.54 Å². The Labute approximate surface area is 113 Å².